The third-order valence-electron chi connectivity index (χ3n) is 4.72. The summed E-state index contributed by atoms with van der Waals surface area (Å²) in [5.41, 5.74) is 2.70. The summed E-state index contributed by atoms with van der Waals surface area (Å²) in [6, 6.07) is 30.8. The van der Waals surface area contributed by atoms with Gasteiger partial charge in [-0.1, -0.05) is 91.0 Å². The molecule has 1 N–H and O–H groups in total. The van der Waals surface area contributed by atoms with Crippen LogP contribution in [-0.2, 0) is 15.1 Å². The molecule has 0 amide bonds. The highest BCUT2D eigenvalue weighted by Gasteiger charge is 2.36. The fourth-order valence-electron chi connectivity index (χ4n) is 3.50. The number of alkyl halides is 1. The van der Waals surface area contributed by atoms with Crippen LogP contribution >= 0.6 is 11.6 Å². The molecule has 0 aliphatic heterocycles. The van der Waals surface area contributed by atoms with Gasteiger partial charge in [-0.15, -0.1) is 11.6 Å². The number of hydrogen-bond donors (Lipinski definition) is 1. The van der Waals surface area contributed by atoms with Gasteiger partial charge < -0.3 is 4.74 Å². The quantitative estimate of drug-likeness (QED) is 0.341. The van der Waals surface area contributed by atoms with Gasteiger partial charge in [-0.3, -0.25) is 10.1 Å². The summed E-state index contributed by atoms with van der Waals surface area (Å²) in [5, 5.41) is 3.68. The van der Waals surface area contributed by atoms with Crippen LogP contribution in [0.4, 0.5) is 0 Å². The highest BCUT2D eigenvalue weighted by atomic mass is 35.5. The molecule has 0 saturated carbocycles. The Bertz CT molecular complexity index is 772. The van der Waals surface area contributed by atoms with Gasteiger partial charge in [0.05, 0.1) is 11.4 Å². The van der Waals surface area contributed by atoms with Gasteiger partial charge in [0.1, 0.15) is 6.10 Å². The van der Waals surface area contributed by atoms with Crippen molar-refractivity contribution in [2.45, 2.75) is 18.6 Å². The average molecular weight is 394 g/mol. The highest BCUT2D eigenvalue weighted by molar-refractivity contribution is 6.18. The maximum absolute atomic E-state index is 11.4. The summed E-state index contributed by atoms with van der Waals surface area (Å²) in [7, 11) is 0. The lowest BCUT2D eigenvalue weighted by atomic mass is 9.77. The third-order valence-corrected chi connectivity index (χ3v) is 5.06. The predicted octanol–water partition coefficient (Wildman–Crippen LogP) is 4.74. The molecule has 0 aliphatic rings. The molecule has 0 saturated heterocycles. The molecular weight excluding hydrogens is 370 g/mol. The van der Waals surface area contributed by atoms with Gasteiger partial charge in [0, 0.05) is 13.5 Å². The summed E-state index contributed by atoms with van der Waals surface area (Å²) in [5.74, 6) is -0.113. The van der Waals surface area contributed by atoms with Crippen LogP contribution in [0.25, 0.3) is 0 Å². The second-order valence-corrected chi connectivity index (χ2v) is 6.92. The van der Waals surface area contributed by atoms with Crippen LogP contribution in [-0.4, -0.2) is 24.5 Å². The summed E-state index contributed by atoms with van der Waals surface area (Å²) in [4.78, 5) is 11.4. The molecule has 0 bridgehead atoms. The van der Waals surface area contributed by atoms with Gasteiger partial charge >= 0.3 is 5.97 Å². The number of carbonyl (C=O) groups is 1. The zero-order chi connectivity index (χ0) is 19.8. The van der Waals surface area contributed by atoms with Crippen LogP contribution in [0.5, 0.6) is 0 Å². The molecule has 1 atom stereocenters. The molecule has 3 aromatic carbocycles. The summed E-state index contributed by atoms with van der Waals surface area (Å²) < 4.78 is 5.37. The molecule has 3 rings (SSSR count). The molecule has 3 nitrogen and oxygen atoms in total. The van der Waals surface area contributed by atoms with E-state index in [2.05, 4.69) is 41.7 Å². The number of benzene rings is 3. The highest BCUT2D eigenvalue weighted by Crippen LogP contribution is 2.36. The first-order valence-electron chi connectivity index (χ1n) is 9.31. The van der Waals surface area contributed by atoms with Crippen LogP contribution in [0.1, 0.15) is 23.6 Å². The maximum atomic E-state index is 11.4. The maximum Gasteiger partial charge on any atom is 0.302 e. The molecule has 144 valence electrons. The minimum Gasteiger partial charge on any atom is -0.460 e. The van der Waals surface area contributed by atoms with Crippen molar-refractivity contribution in [2.24, 2.45) is 0 Å². The molecule has 0 spiro atoms. The van der Waals surface area contributed by atoms with E-state index in [4.69, 9.17) is 16.3 Å². The number of rotatable bonds is 8. The smallest absolute Gasteiger partial charge is 0.302 e. The SMILES string of the molecule is CC(=O)O[C@H](CCl)CNC(c1ccccc1)(c1ccccc1)c1ccccc1. The van der Waals surface area contributed by atoms with Gasteiger partial charge in [-0.2, -0.15) is 0 Å². The van der Waals surface area contributed by atoms with Crippen molar-refractivity contribution in [2.75, 3.05) is 12.4 Å². The van der Waals surface area contributed by atoms with Crippen molar-refractivity contribution in [1.82, 2.24) is 5.32 Å². The summed E-state index contributed by atoms with van der Waals surface area (Å²) >= 11 is 6.06. The minimum absolute atomic E-state index is 0.223. The van der Waals surface area contributed by atoms with E-state index >= 15 is 0 Å². The van der Waals surface area contributed by atoms with Gasteiger partial charge in [0.15, 0.2) is 0 Å². The first-order chi connectivity index (χ1) is 13.7. The lowest BCUT2D eigenvalue weighted by Gasteiger charge is -2.38. The van der Waals surface area contributed by atoms with Crippen LogP contribution in [0, 0.1) is 0 Å². The van der Waals surface area contributed by atoms with Gasteiger partial charge in [-0.25, -0.2) is 0 Å². The van der Waals surface area contributed by atoms with Gasteiger partial charge in [0.2, 0.25) is 0 Å². The number of nitrogens with one attached hydrogen (secondary N) is 1. The zero-order valence-electron chi connectivity index (χ0n) is 15.8. The Labute approximate surface area is 171 Å². The molecular formula is C24H24ClNO2. The Morgan fingerprint density at radius 2 is 1.25 bits per heavy atom. The molecule has 3 aromatic rings. The number of carbonyl (C=O) groups excluding carboxylic acids is 1. The van der Waals surface area contributed by atoms with Crippen molar-refractivity contribution < 1.29 is 9.53 Å². The topological polar surface area (TPSA) is 38.3 Å². The monoisotopic (exact) mass is 393 g/mol. The first-order valence-corrected chi connectivity index (χ1v) is 9.85. The molecule has 0 radical (unpaired) electrons. The largest absolute Gasteiger partial charge is 0.460 e. The van der Waals surface area contributed by atoms with E-state index in [9.17, 15) is 4.79 Å². The Morgan fingerprint density at radius 3 is 1.57 bits per heavy atom. The Morgan fingerprint density at radius 1 is 0.857 bits per heavy atom. The van der Waals surface area contributed by atoms with E-state index in [0.29, 0.717) is 6.54 Å². The number of halogens is 1. The van der Waals surface area contributed by atoms with Crippen molar-refractivity contribution >= 4 is 17.6 Å². The van der Waals surface area contributed by atoms with Gasteiger partial charge in [0.25, 0.3) is 0 Å². The Hall–Kier alpha value is -2.62. The van der Waals surface area contributed by atoms with E-state index in [1.807, 2.05) is 54.6 Å². The van der Waals surface area contributed by atoms with Crippen LogP contribution in [0.3, 0.4) is 0 Å². The lowest BCUT2D eigenvalue weighted by Crippen LogP contribution is -2.48. The Kier molecular flexibility index (Phi) is 6.85. The minimum atomic E-state index is -0.603. The molecule has 0 heterocycles. The Balaban J connectivity index is 2.12. The standard InChI is InChI=1S/C24H24ClNO2/c1-19(27)28-23(17-25)18-26-24(20-11-5-2-6-12-20,21-13-7-3-8-14-21)22-15-9-4-10-16-22/h2-16,23,26H,17-18H2,1H3/t23-/m1/s1. The van der Waals surface area contributed by atoms with Crippen molar-refractivity contribution in [3.8, 4) is 0 Å². The normalized spacial score (nSPS) is 12.4. The first kappa shape index (κ1) is 20.1. The van der Waals surface area contributed by atoms with Crippen molar-refractivity contribution in [3.05, 3.63) is 108 Å². The molecule has 0 aromatic heterocycles. The summed E-state index contributed by atoms with van der Waals surface area (Å²) in [6.07, 6.45) is -0.422. The number of esters is 1. The summed E-state index contributed by atoms with van der Waals surface area (Å²) in [6.45, 7) is 1.82. The van der Waals surface area contributed by atoms with E-state index in [-0.39, 0.29) is 11.8 Å². The van der Waals surface area contributed by atoms with E-state index < -0.39 is 11.6 Å². The third kappa shape index (κ3) is 4.44. The molecule has 28 heavy (non-hydrogen) atoms. The lowest BCUT2D eigenvalue weighted by molar-refractivity contribution is -0.145. The number of hydrogen-bond acceptors (Lipinski definition) is 3. The van der Waals surface area contributed by atoms with E-state index in [1.54, 1.807) is 0 Å². The zero-order valence-corrected chi connectivity index (χ0v) is 16.6. The average Bonchev–Trinajstić information content (AvgIpc) is 2.75. The molecule has 0 aliphatic carbocycles. The second-order valence-electron chi connectivity index (χ2n) is 6.61. The second kappa shape index (κ2) is 9.54. The van der Waals surface area contributed by atoms with Crippen LogP contribution in [0.2, 0.25) is 0 Å². The van der Waals surface area contributed by atoms with Crippen molar-refractivity contribution in [1.29, 1.82) is 0 Å². The van der Waals surface area contributed by atoms with Crippen molar-refractivity contribution in [3.63, 3.8) is 0 Å². The molecule has 0 unspecified atom stereocenters. The van der Waals surface area contributed by atoms with Crippen LogP contribution in [0.15, 0.2) is 91.0 Å². The fourth-order valence-corrected chi connectivity index (χ4v) is 3.67. The number of ether oxygens (including phenoxy) is 1. The van der Waals surface area contributed by atoms with Crippen LogP contribution < -0.4 is 5.32 Å². The van der Waals surface area contributed by atoms with Gasteiger partial charge in [-0.05, 0) is 16.7 Å². The fraction of sp³-hybridized carbons (Fsp3) is 0.208. The van der Waals surface area contributed by atoms with E-state index in [0.717, 1.165) is 16.7 Å². The molecule has 4 heteroatoms. The van der Waals surface area contributed by atoms with E-state index in [1.165, 1.54) is 6.92 Å². The molecule has 0 fully saturated rings. The predicted molar refractivity (Wildman–Crippen MR) is 113 cm³/mol.